The first kappa shape index (κ1) is 21.6. The third-order valence-electron chi connectivity index (χ3n) is 3.90. The van der Waals surface area contributed by atoms with E-state index >= 15 is 0 Å². The normalized spacial score (nSPS) is 10.5. The van der Waals surface area contributed by atoms with Gasteiger partial charge in [0.25, 0.3) is 11.6 Å². The summed E-state index contributed by atoms with van der Waals surface area (Å²) in [6.07, 6.45) is 0. The topological polar surface area (TPSA) is 110 Å². The van der Waals surface area contributed by atoms with Gasteiger partial charge in [0.2, 0.25) is 0 Å². The molecule has 3 aromatic carbocycles. The van der Waals surface area contributed by atoms with E-state index in [4.69, 9.17) is 28.3 Å². The lowest BCUT2D eigenvalue weighted by molar-refractivity contribution is -0.387. The number of amides is 1. The highest BCUT2D eigenvalue weighted by Crippen LogP contribution is 2.37. The molecule has 10 heteroatoms. The van der Waals surface area contributed by atoms with E-state index in [1.54, 1.807) is 18.2 Å². The van der Waals surface area contributed by atoms with E-state index in [1.807, 2.05) is 0 Å². The smallest absolute Gasteiger partial charge is 0.335 e. The number of aromatic carboxylic acids is 1. The minimum absolute atomic E-state index is 0.00662. The van der Waals surface area contributed by atoms with Crippen molar-refractivity contribution in [3.63, 3.8) is 0 Å². The fourth-order valence-electron chi connectivity index (χ4n) is 2.49. The molecule has 2 N–H and O–H groups in total. The highest BCUT2D eigenvalue weighted by molar-refractivity contribution is 7.99. The Balaban J connectivity index is 1.86. The largest absolute Gasteiger partial charge is 0.478 e. The monoisotopic (exact) mass is 462 g/mol. The predicted molar refractivity (Wildman–Crippen MR) is 115 cm³/mol. The van der Waals surface area contributed by atoms with Gasteiger partial charge in [0.15, 0.2) is 0 Å². The van der Waals surface area contributed by atoms with Crippen molar-refractivity contribution in [3.8, 4) is 0 Å². The number of carboxylic acid groups (broad SMARTS) is 1. The van der Waals surface area contributed by atoms with Gasteiger partial charge in [-0.3, -0.25) is 14.9 Å². The first-order valence-electron chi connectivity index (χ1n) is 8.30. The second-order valence-electron chi connectivity index (χ2n) is 5.96. The van der Waals surface area contributed by atoms with Crippen LogP contribution in [0.5, 0.6) is 0 Å². The molecule has 0 spiro atoms. The van der Waals surface area contributed by atoms with E-state index in [1.165, 1.54) is 36.4 Å². The molecule has 1 amide bonds. The molecule has 0 aromatic heterocycles. The number of nitrogens with zero attached hydrogens (tertiary/aromatic N) is 1. The van der Waals surface area contributed by atoms with E-state index in [-0.39, 0.29) is 22.5 Å². The summed E-state index contributed by atoms with van der Waals surface area (Å²) in [4.78, 5) is 35.5. The van der Waals surface area contributed by atoms with Gasteiger partial charge in [-0.25, -0.2) is 4.79 Å². The Labute approximate surface area is 184 Å². The summed E-state index contributed by atoms with van der Waals surface area (Å²) >= 11 is 13.0. The lowest BCUT2D eigenvalue weighted by Gasteiger charge is -2.08. The van der Waals surface area contributed by atoms with Crippen LogP contribution in [-0.2, 0) is 0 Å². The highest BCUT2D eigenvalue weighted by atomic mass is 35.5. The van der Waals surface area contributed by atoms with Gasteiger partial charge >= 0.3 is 5.97 Å². The SMILES string of the molecule is O=C(O)c1cccc(NC(=O)c2ccc(Sc3ccc(Cl)c(Cl)c3)c([N+](=O)[O-])c2)c1. The minimum Gasteiger partial charge on any atom is -0.478 e. The van der Waals surface area contributed by atoms with Crippen molar-refractivity contribution < 1.29 is 19.6 Å². The first-order chi connectivity index (χ1) is 14.2. The number of benzene rings is 3. The lowest BCUT2D eigenvalue weighted by atomic mass is 10.1. The molecule has 0 aliphatic carbocycles. The van der Waals surface area contributed by atoms with Crippen LogP contribution in [0.1, 0.15) is 20.7 Å². The molecule has 0 aliphatic heterocycles. The van der Waals surface area contributed by atoms with Crippen molar-refractivity contribution in [3.05, 3.63) is 92.0 Å². The third kappa shape index (κ3) is 5.10. The van der Waals surface area contributed by atoms with Crippen molar-refractivity contribution in [1.29, 1.82) is 0 Å². The zero-order valence-corrected chi connectivity index (χ0v) is 17.3. The molecule has 0 heterocycles. The van der Waals surface area contributed by atoms with E-state index < -0.39 is 16.8 Å². The van der Waals surface area contributed by atoms with Gasteiger partial charge in [0.05, 0.1) is 25.4 Å². The third-order valence-corrected chi connectivity index (χ3v) is 5.70. The number of carboxylic acids is 1. The van der Waals surface area contributed by atoms with Gasteiger partial charge < -0.3 is 10.4 Å². The maximum absolute atomic E-state index is 12.5. The van der Waals surface area contributed by atoms with Crippen molar-refractivity contribution in [1.82, 2.24) is 0 Å². The molecule has 0 fully saturated rings. The Morgan fingerprint density at radius 1 is 0.967 bits per heavy atom. The first-order valence-corrected chi connectivity index (χ1v) is 9.88. The summed E-state index contributed by atoms with van der Waals surface area (Å²) in [5, 5.41) is 23.8. The second-order valence-corrected chi connectivity index (χ2v) is 7.89. The second kappa shape index (κ2) is 9.17. The molecule has 0 saturated carbocycles. The summed E-state index contributed by atoms with van der Waals surface area (Å²) in [5.74, 6) is -1.74. The lowest BCUT2D eigenvalue weighted by Crippen LogP contribution is -2.13. The van der Waals surface area contributed by atoms with Crippen molar-refractivity contribution in [2.75, 3.05) is 5.32 Å². The molecule has 3 aromatic rings. The zero-order valence-electron chi connectivity index (χ0n) is 15.0. The molecule has 0 saturated heterocycles. The molecule has 0 radical (unpaired) electrons. The standard InChI is InChI=1S/C20H12Cl2N2O5S/c21-15-6-5-14(10-16(15)22)30-18-7-4-11(9-17(18)24(28)29)19(25)23-13-3-1-2-12(8-13)20(26)27/h1-10H,(H,23,25)(H,26,27). The molecule has 0 atom stereocenters. The predicted octanol–water partition coefficient (Wildman–Crippen LogP) is 6.00. The number of carbonyl (C=O) groups excluding carboxylic acids is 1. The fourth-order valence-corrected chi connectivity index (χ4v) is 3.79. The molecule has 0 unspecified atom stereocenters. The van der Waals surface area contributed by atoms with Crippen LogP contribution in [0.4, 0.5) is 11.4 Å². The minimum atomic E-state index is -1.13. The quantitative estimate of drug-likeness (QED) is 0.343. The van der Waals surface area contributed by atoms with Crippen molar-refractivity contribution >= 4 is 58.2 Å². The van der Waals surface area contributed by atoms with Gasteiger partial charge in [-0.1, -0.05) is 41.0 Å². The van der Waals surface area contributed by atoms with Crippen LogP contribution in [-0.4, -0.2) is 21.9 Å². The summed E-state index contributed by atoms with van der Waals surface area (Å²) in [6.45, 7) is 0. The summed E-state index contributed by atoms with van der Waals surface area (Å²) in [6, 6.07) is 14.6. The molecular weight excluding hydrogens is 451 g/mol. The molecule has 0 aliphatic rings. The maximum atomic E-state index is 12.5. The van der Waals surface area contributed by atoms with Crippen LogP contribution in [0.25, 0.3) is 0 Å². The van der Waals surface area contributed by atoms with E-state index in [9.17, 15) is 19.7 Å². The molecule has 3 rings (SSSR count). The Kier molecular flexibility index (Phi) is 6.61. The van der Waals surface area contributed by atoms with Crippen LogP contribution in [0.15, 0.2) is 70.5 Å². The number of anilines is 1. The zero-order chi connectivity index (χ0) is 21.8. The molecule has 30 heavy (non-hydrogen) atoms. The van der Waals surface area contributed by atoms with Crippen LogP contribution in [0, 0.1) is 10.1 Å². The van der Waals surface area contributed by atoms with Gasteiger partial charge in [-0.05, 0) is 48.5 Å². The van der Waals surface area contributed by atoms with Gasteiger partial charge in [0.1, 0.15) is 0 Å². The molecule has 0 bridgehead atoms. The Hall–Kier alpha value is -3.07. The van der Waals surface area contributed by atoms with Gasteiger partial charge in [0, 0.05) is 22.2 Å². The maximum Gasteiger partial charge on any atom is 0.335 e. The van der Waals surface area contributed by atoms with E-state index in [0.29, 0.717) is 19.8 Å². The summed E-state index contributed by atoms with van der Waals surface area (Å²) < 4.78 is 0. The molecule has 7 nitrogen and oxygen atoms in total. The average molecular weight is 463 g/mol. The number of halogens is 2. The van der Waals surface area contributed by atoms with Crippen molar-refractivity contribution in [2.24, 2.45) is 0 Å². The Morgan fingerprint density at radius 2 is 1.73 bits per heavy atom. The van der Waals surface area contributed by atoms with Crippen LogP contribution < -0.4 is 5.32 Å². The van der Waals surface area contributed by atoms with Gasteiger partial charge in [-0.15, -0.1) is 0 Å². The van der Waals surface area contributed by atoms with Gasteiger partial charge in [-0.2, -0.15) is 0 Å². The van der Waals surface area contributed by atoms with Crippen LogP contribution in [0.3, 0.4) is 0 Å². The van der Waals surface area contributed by atoms with E-state index in [0.717, 1.165) is 17.8 Å². The average Bonchev–Trinajstić information content (AvgIpc) is 2.71. The van der Waals surface area contributed by atoms with Crippen molar-refractivity contribution in [2.45, 2.75) is 9.79 Å². The highest BCUT2D eigenvalue weighted by Gasteiger charge is 2.19. The molecular formula is C20H12Cl2N2O5S. The number of carbonyl (C=O) groups is 2. The number of nitrogens with one attached hydrogen (secondary N) is 1. The number of hydrogen-bond donors (Lipinski definition) is 2. The van der Waals surface area contributed by atoms with Crippen LogP contribution >= 0.6 is 35.0 Å². The van der Waals surface area contributed by atoms with E-state index in [2.05, 4.69) is 5.32 Å². The number of nitro groups is 1. The summed E-state index contributed by atoms with van der Waals surface area (Å²) in [5.41, 5.74) is 0.0721. The number of rotatable bonds is 6. The Morgan fingerprint density at radius 3 is 2.40 bits per heavy atom. The molecule has 152 valence electrons. The fraction of sp³-hybridized carbons (Fsp3) is 0. The Bertz CT molecular complexity index is 1170. The number of nitro benzene ring substituents is 1. The summed E-state index contributed by atoms with van der Waals surface area (Å²) in [7, 11) is 0. The number of hydrogen-bond acceptors (Lipinski definition) is 5. The van der Waals surface area contributed by atoms with Crippen LogP contribution in [0.2, 0.25) is 10.0 Å².